The molecule has 7 nitrogen and oxygen atoms in total. The minimum Gasteiger partial charge on any atom is -0.496 e. The molecule has 1 amide bonds. The molecule has 1 heterocycles. The fraction of sp³-hybridized carbons (Fsp3) is 0.0500. The molecule has 0 aliphatic rings. The van der Waals surface area contributed by atoms with Crippen LogP contribution in [-0.4, -0.2) is 30.3 Å². The van der Waals surface area contributed by atoms with Crippen molar-refractivity contribution >= 4 is 18.1 Å². The number of amides is 1. The number of nitrogens with one attached hydrogen (secondary N) is 1. The summed E-state index contributed by atoms with van der Waals surface area (Å²) in [7, 11) is 1.48. The van der Waals surface area contributed by atoms with E-state index in [0.717, 1.165) is 0 Å². The normalized spacial score (nSPS) is 10.7. The Morgan fingerprint density at radius 2 is 1.74 bits per heavy atom. The summed E-state index contributed by atoms with van der Waals surface area (Å²) in [5.41, 5.74) is 3.35. The first-order valence-corrected chi connectivity index (χ1v) is 7.99. The van der Waals surface area contributed by atoms with Gasteiger partial charge in [-0.05, 0) is 30.3 Å². The molecule has 2 N–H and O–H groups in total. The summed E-state index contributed by atoms with van der Waals surface area (Å²) < 4.78 is 10.7. The van der Waals surface area contributed by atoms with Gasteiger partial charge in [-0.2, -0.15) is 5.10 Å². The van der Waals surface area contributed by atoms with Crippen LogP contribution in [0.15, 0.2) is 70.2 Å². The molecule has 0 bridgehead atoms. The molecule has 0 radical (unpaired) electrons. The molecule has 0 saturated heterocycles. The molecule has 136 valence electrons. The van der Waals surface area contributed by atoms with Crippen molar-refractivity contribution in [1.82, 2.24) is 5.43 Å². The highest BCUT2D eigenvalue weighted by Crippen LogP contribution is 2.25. The highest BCUT2D eigenvalue weighted by atomic mass is 16.5. The quantitative estimate of drug-likeness (QED) is 0.515. The highest BCUT2D eigenvalue weighted by molar-refractivity contribution is 5.97. The maximum absolute atomic E-state index is 12.2. The second-order valence-electron chi connectivity index (χ2n) is 5.45. The summed E-state index contributed by atoms with van der Waals surface area (Å²) >= 11 is 0. The minimum absolute atomic E-state index is 0.139. The van der Waals surface area contributed by atoms with Crippen LogP contribution in [0.25, 0.3) is 11.3 Å². The van der Waals surface area contributed by atoms with Gasteiger partial charge in [0.2, 0.25) is 0 Å². The number of carbonyl (C=O) groups excluding carboxylic acids is 1. The number of carbonyl (C=O) groups is 2. The molecule has 3 aromatic rings. The zero-order valence-corrected chi connectivity index (χ0v) is 14.4. The Balaban J connectivity index is 1.73. The smallest absolute Gasteiger partial charge is 0.336 e. The number of carboxylic acid groups (broad SMARTS) is 1. The van der Waals surface area contributed by atoms with Crippen molar-refractivity contribution in [3.05, 3.63) is 77.6 Å². The maximum Gasteiger partial charge on any atom is 0.336 e. The van der Waals surface area contributed by atoms with E-state index in [1.807, 2.05) is 0 Å². The predicted octanol–water partition coefficient (Wildman–Crippen LogP) is 3.42. The Kier molecular flexibility index (Phi) is 5.32. The molecule has 0 unspecified atom stereocenters. The number of hydrogen-bond donors (Lipinski definition) is 2. The van der Waals surface area contributed by atoms with E-state index in [-0.39, 0.29) is 5.56 Å². The monoisotopic (exact) mass is 364 g/mol. The Morgan fingerprint density at radius 1 is 1.04 bits per heavy atom. The first-order chi connectivity index (χ1) is 13.1. The number of nitrogens with zero attached hydrogens (tertiary/aromatic N) is 1. The number of furan rings is 1. The van der Waals surface area contributed by atoms with Gasteiger partial charge < -0.3 is 14.3 Å². The van der Waals surface area contributed by atoms with Gasteiger partial charge in [-0.1, -0.05) is 30.3 Å². The number of benzene rings is 2. The van der Waals surface area contributed by atoms with Crippen molar-refractivity contribution in [3.63, 3.8) is 0 Å². The lowest BCUT2D eigenvalue weighted by Gasteiger charge is -2.05. The average Bonchev–Trinajstić information content (AvgIpc) is 3.16. The van der Waals surface area contributed by atoms with Crippen LogP contribution in [0.3, 0.4) is 0 Å². The molecule has 0 spiro atoms. The van der Waals surface area contributed by atoms with Crippen molar-refractivity contribution in [2.75, 3.05) is 7.11 Å². The Labute approximate surface area is 154 Å². The number of ether oxygens (including phenoxy) is 1. The van der Waals surface area contributed by atoms with Gasteiger partial charge in [0.15, 0.2) is 0 Å². The van der Waals surface area contributed by atoms with Crippen molar-refractivity contribution in [2.24, 2.45) is 5.10 Å². The van der Waals surface area contributed by atoms with Gasteiger partial charge in [0, 0.05) is 5.56 Å². The van der Waals surface area contributed by atoms with Gasteiger partial charge in [0.1, 0.15) is 17.3 Å². The van der Waals surface area contributed by atoms with Gasteiger partial charge >= 0.3 is 5.97 Å². The average molecular weight is 364 g/mol. The van der Waals surface area contributed by atoms with E-state index < -0.39 is 11.9 Å². The number of rotatable bonds is 6. The van der Waals surface area contributed by atoms with Crippen LogP contribution in [0.5, 0.6) is 5.75 Å². The van der Waals surface area contributed by atoms with Crippen molar-refractivity contribution in [3.8, 4) is 17.1 Å². The van der Waals surface area contributed by atoms with Crippen LogP contribution in [0.1, 0.15) is 26.5 Å². The molecule has 7 heteroatoms. The molecule has 0 aliphatic heterocycles. The van der Waals surface area contributed by atoms with Crippen molar-refractivity contribution < 1.29 is 23.8 Å². The summed E-state index contributed by atoms with van der Waals surface area (Å²) in [6.07, 6.45) is 1.33. The zero-order chi connectivity index (χ0) is 19.2. The SMILES string of the molecule is COc1ccccc1C(=O)N/N=C\c1ccc(-c2ccccc2C(=O)O)o1. The molecule has 0 atom stereocenters. The molecule has 2 aromatic carbocycles. The lowest BCUT2D eigenvalue weighted by Crippen LogP contribution is -2.18. The second kappa shape index (κ2) is 8.01. The van der Waals surface area contributed by atoms with Gasteiger partial charge in [0.25, 0.3) is 5.91 Å². The molecule has 27 heavy (non-hydrogen) atoms. The lowest BCUT2D eigenvalue weighted by molar-refractivity contribution is 0.0697. The van der Waals surface area contributed by atoms with E-state index in [2.05, 4.69) is 10.5 Å². The maximum atomic E-state index is 12.2. The number of hydrazone groups is 1. The molecule has 0 saturated carbocycles. The third-order valence-corrected chi connectivity index (χ3v) is 3.76. The zero-order valence-electron chi connectivity index (χ0n) is 14.4. The summed E-state index contributed by atoms with van der Waals surface area (Å²) in [5.74, 6) is -0.264. The van der Waals surface area contributed by atoms with Gasteiger partial charge in [-0.25, -0.2) is 10.2 Å². The molecule has 1 aromatic heterocycles. The fourth-order valence-corrected chi connectivity index (χ4v) is 2.50. The van der Waals surface area contributed by atoms with E-state index in [9.17, 15) is 14.7 Å². The highest BCUT2D eigenvalue weighted by Gasteiger charge is 2.14. The van der Waals surface area contributed by atoms with Crippen LogP contribution in [0.2, 0.25) is 0 Å². The fourth-order valence-electron chi connectivity index (χ4n) is 2.50. The number of aromatic carboxylic acids is 1. The summed E-state index contributed by atoms with van der Waals surface area (Å²) in [4.78, 5) is 23.5. The molecular formula is C20H16N2O5. The van der Waals surface area contributed by atoms with Crippen LogP contribution in [0, 0.1) is 0 Å². The standard InChI is InChI=1S/C20H16N2O5/c1-26-17-9-5-4-8-16(17)19(23)22-21-12-13-10-11-18(27-13)14-6-2-3-7-15(14)20(24)25/h2-12H,1H3,(H,22,23)(H,24,25)/b21-12-. The van der Waals surface area contributed by atoms with Crippen LogP contribution in [0.4, 0.5) is 0 Å². The van der Waals surface area contributed by atoms with Gasteiger partial charge in [-0.3, -0.25) is 4.79 Å². The topological polar surface area (TPSA) is 101 Å². The van der Waals surface area contributed by atoms with E-state index >= 15 is 0 Å². The third-order valence-electron chi connectivity index (χ3n) is 3.76. The van der Waals surface area contributed by atoms with E-state index in [4.69, 9.17) is 9.15 Å². The number of para-hydroxylation sites is 1. The summed E-state index contributed by atoms with van der Waals surface area (Å²) in [5, 5.41) is 13.1. The van der Waals surface area contributed by atoms with Crippen LogP contribution >= 0.6 is 0 Å². The predicted molar refractivity (Wildman–Crippen MR) is 99.2 cm³/mol. The van der Waals surface area contributed by atoms with Gasteiger partial charge in [-0.15, -0.1) is 0 Å². The van der Waals surface area contributed by atoms with Crippen LogP contribution in [-0.2, 0) is 0 Å². The molecule has 0 fully saturated rings. The van der Waals surface area contributed by atoms with Crippen molar-refractivity contribution in [2.45, 2.75) is 0 Å². The Bertz CT molecular complexity index is 1010. The number of hydrogen-bond acceptors (Lipinski definition) is 5. The lowest BCUT2D eigenvalue weighted by atomic mass is 10.1. The van der Waals surface area contributed by atoms with E-state index in [1.165, 1.54) is 19.4 Å². The first kappa shape index (κ1) is 17.9. The van der Waals surface area contributed by atoms with Crippen LogP contribution < -0.4 is 10.2 Å². The molecular weight excluding hydrogens is 348 g/mol. The van der Waals surface area contributed by atoms with E-state index in [1.54, 1.807) is 54.6 Å². The second-order valence-corrected chi connectivity index (χ2v) is 5.45. The third kappa shape index (κ3) is 4.04. The minimum atomic E-state index is -1.04. The van der Waals surface area contributed by atoms with Gasteiger partial charge in [0.05, 0.1) is 24.5 Å². The number of methoxy groups -OCH3 is 1. The Morgan fingerprint density at radius 3 is 2.48 bits per heavy atom. The van der Waals surface area contributed by atoms with Crippen molar-refractivity contribution in [1.29, 1.82) is 0 Å². The first-order valence-electron chi connectivity index (χ1n) is 7.99. The molecule has 3 rings (SSSR count). The Hall–Kier alpha value is -3.87. The summed E-state index contributed by atoms with van der Waals surface area (Å²) in [6.45, 7) is 0. The molecule has 0 aliphatic carbocycles. The van der Waals surface area contributed by atoms with E-state index in [0.29, 0.717) is 28.4 Å². The largest absolute Gasteiger partial charge is 0.496 e. The summed E-state index contributed by atoms with van der Waals surface area (Å²) in [6, 6.07) is 16.6. The number of carboxylic acids is 1.